The molecule has 13 heteroatoms. The molecule has 2 saturated heterocycles. The number of carbonyl (C=O) groups is 1. The lowest BCUT2D eigenvalue weighted by atomic mass is 9.90. The normalized spacial score (nSPS) is 19.3. The van der Waals surface area contributed by atoms with Gasteiger partial charge in [0.1, 0.15) is 46.3 Å². The number of nitrogens with zero attached hydrogens (tertiary/aromatic N) is 7. The van der Waals surface area contributed by atoms with Crippen molar-refractivity contribution < 1.29 is 27.5 Å². The summed E-state index contributed by atoms with van der Waals surface area (Å²) in [6.07, 6.45) is 4.09. The molecule has 4 aromatic rings. The maximum Gasteiger partial charge on any atom is 0.410 e. The molecule has 2 aromatic carbocycles. The lowest BCUT2D eigenvalue weighted by molar-refractivity contribution is 0.0209. The fraction of sp³-hybridized carbons (Fsp3) is 0.424. The van der Waals surface area contributed by atoms with Crippen molar-refractivity contribution in [2.45, 2.75) is 64.5 Å². The molecule has 2 bridgehead atoms. The van der Waals surface area contributed by atoms with Crippen molar-refractivity contribution in [3.63, 3.8) is 0 Å². The SMILES string of the molecule is CN(C)/C=N/c1oc2ccc(F)c(-c3c4c(c5c(N6C7CCC6CN(C(=O)OC(C)(C)C)C7)ncnc5c3F)COC4)c2c1C#N. The van der Waals surface area contributed by atoms with E-state index >= 15 is 8.78 Å². The van der Waals surface area contributed by atoms with Crippen LogP contribution in [0.4, 0.5) is 25.3 Å². The average Bonchev–Trinajstić information content (AvgIpc) is 3.69. The van der Waals surface area contributed by atoms with Crippen molar-refractivity contribution >= 4 is 46.0 Å². The van der Waals surface area contributed by atoms with Crippen LogP contribution in [0.2, 0.25) is 0 Å². The first-order valence-corrected chi connectivity index (χ1v) is 15.1. The van der Waals surface area contributed by atoms with Crippen molar-refractivity contribution in [2.24, 2.45) is 4.99 Å². The number of furan rings is 1. The predicted molar refractivity (Wildman–Crippen MR) is 167 cm³/mol. The number of fused-ring (bicyclic) bond motifs is 6. The number of nitriles is 1. The molecule has 3 aliphatic heterocycles. The number of amides is 1. The lowest BCUT2D eigenvalue weighted by Gasteiger charge is -2.42. The number of aliphatic imine (C=N–C) groups is 1. The van der Waals surface area contributed by atoms with Gasteiger partial charge in [-0.2, -0.15) is 5.26 Å². The van der Waals surface area contributed by atoms with Crippen LogP contribution in [-0.4, -0.2) is 77.1 Å². The fourth-order valence-corrected chi connectivity index (χ4v) is 6.89. The molecule has 2 unspecified atom stereocenters. The Balaban J connectivity index is 1.38. The smallest absolute Gasteiger partial charge is 0.410 e. The van der Waals surface area contributed by atoms with Crippen LogP contribution in [0.25, 0.3) is 33.0 Å². The molecule has 0 radical (unpaired) electrons. The molecule has 2 fully saturated rings. The number of anilines is 1. The van der Waals surface area contributed by atoms with Gasteiger partial charge in [0.15, 0.2) is 5.82 Å². The van der Waals surface area contributed by atoms with Gasteiger partial charge < -0.3 is 28.6 Å². The number of piperazine rings is 1. The molecule has 5 heterocycles. The van der Waals surface area contributed by atoms with Crippen LogP contribution in [0.15, 0.2) is 27.9 Å². The maximum atomic E-state index is 16.9. The Hall–Kier alpha value is -4.83. The number of hydrogen-bond donors (Lipinski definition) is 0. The number of halogens is 2. The Bertz CT molecular complexity index is 1960. The third kappa shape index (κ3) is 4.79. The van der Waals surface area contributed by atoms with Gasteiger partial charge in [-0.1, -0.05) is 0 Å². The summed E-state index contributed by atoms with van der Waals surface area (Å²) >= 11 is 0. The quantitative estimate of drug-likeness (QED) is 0.197. The largest absolute Gasteiger partial charge is 0.444 e. The van der Waals surface area contributed by atoms with Gasteiger partial charge in [-0.15, -0.1) is 0 Å². The third-order valence-corrected chi connectivity index (χ3v) is 8.65. The summed E-state index contributed by atoms with van der Waals surface area (Å²) in [5, 5.41) is 10.8. The first kappa shape index (κ1) is 29.9. The van der Waals surface area contributed by atoms with E-state index in [1.165, 1.54) is 24.8 Å². The van der Waals surface area contributed by atoms with Gasteiger partial charge in [-0.3, -0.25) is 0 Å². The maximum absolute atomic E-state index is 16.9. The van der Waals surface area contributed by atoms with Crippen molar-refractivity contribution in [1.82, 2.24) is 19.8 Å². The standard InChI is InChI=1S/C33H33F2N7O4/c1-33(2,3)46-32(43)41-11-17-6-7-18(12-41)42(17)30-26-21-14-44-13-20(21)25(28(35)29(26)37-15-38-30)27-22(34)8-9-23-24(27)19(10-36)31(45-23)39-16-40(4)5/h8-9,15-18H,6-7,11-14H2,1-5H3/b39-16+. The molecule has 3 aliphatic rings. The van der Waals surface area contributed by atoms with Gasteiger partial charge in [0.25, 0.3) is 0 Å². The first-order valence-electron chi connectivity index (χ1n) is 15.1. The van der Waals surface area contributed by atoms with E-state index in [2.05, 4.69) is 25.9 Å². The van der Waals surface area contributed by atoms with Crippen LogP contribution in [0, 0.1) is 23.0 Å². The van der Waals surface area contributed by atoms with E-state index in [1.807, 2.05) is 20.8 Å². The first-order chi connectivity index (χ1) is 22.0. The number of ether oxygens (including phenoxy) is 2. The Morgan fingerprint density at radius 3 is 2.50 bits per heavy atom. The minimum atomic E-state index is -0.738. The van der Waals surface area contributed by atoms with Crippen LogP contribution in [0.1, 0.15) is 50.3 Å². The summed E-state index contributed by atoms with van der Waals surface area (Å²) < 4.78 is 50.2. The minimum absolute atomic E-state index is 0.00208. The highest BCUT2D eigenvalue weighted by atomic mass is 19.1. The van der Waals surface area contributed by atoms with E-state index < -0.39 is 17.2 Å². The highest BCUT2D eigenvalue weighted by Gasteiger charge is 2.44. The van der Waals surface area contributed by atoms with Crippen LogP contribution >= 0.6 is 0 Å². The molecule has 2 atom stereocenters. The molecule has 11 nitrogen and oxygen atoms in total. The van der Waals surface area contributed by atoms with E-state index in [1.54, 1.807) is 23.9 Å². The van der Waals surface area contributed by atoms with E-state index in [0.717, 1.165) is 12.8 Å². The number of rotatable bonds is 4. The topological polar surface area (TPSA) is 120 Å². The summed E-state index contributed by atoms with van der Waals surface area (Å²) in [7, 11) is 3.53. The van der Waals surface area contributed by atoms with Crippen molar-refractivity contribution in [3.8, 4) is 17.2 Å². The van der Waals surface area contributed by atoms with Gasteiger partial charge in [-0.05, 0) is 56.9 Å². The molecule has 1 amide bonds. The summed E-state index contributed by atoms with van der Waals surface area (Å²) in [5.41, 5.74) is 0.633. The predicted octanol–water partition coefficient (Wildman–Crippen LogP) is 6.03. The monoisotopic (exact) mass is 629 g/mol. The van der Waals surface area contributed by atoms with E-state index in [9.17, 15) is 10.1 Å². The molecule has 7 rings (SSSR count). The van der Waals surface area contributed by atoms with Crippen molar-refractivity contribution in [3.05, 3.63) is 46.8 Å². The Labute approximate surface area is 264 Å². The number of aromatic nitrogens is 2. The Morgan fingerprint density at radius 1 is 1.11 bits per heavy atom. The summed E-state index contributed by atoms with van der Waals surface area (Å²) in [6.45, 7) is 6.59. The molecule has 2 aromatic heterocycles. The zero-order chi connectivity index (χ0) is 32.5. The van der Waals surface area contributed by atoms with Crippen LogP contribution in [-0.2, 0) is 22.7 Å². The average molecular weight is 630 g/mol. The second-order valence-electron chi connectivity index (χ2n) is 13.1. The molecule has 46 heavy (non-hydrogen) atoms. The Morgan fingerprint density at radius 2 is 1.83 bits per heavy atom. The van der Waals surface area contributed by atoms with Gasteiger partial charge in [0.2, 0.25) is 5.88 Å². The van der Waals surface area contributed by atoms with E-state index in [-0.39, 0.29) is 70.5 Å². The second kappa shape index (κ2) is 10.9. The van der Waals surface area contributed by atoms with Gasteiger partial charge in [0, 0.05) is 50.4 Å². The van der Waals surface area contributed by atoms with Gasteiger partial charge in [0.05, 0.1) is 30.3 Å². The molecule has 0 aliphatic carbocycles. The summed E-state index contributed by atoms with van der Waals surface area (Å²) in [4.78, 5) is 31.8. The molecular formula is C33H33F2N7O4. The van der Waals surface area contributed by atoms with Gasteiger partial charge >= 0.3 is 6.09 Å². The second-order valence-corrected chi connectivity index (χ2v) is 13.1. The van der Waals surface area contributed by atoms with Crippen molar-refractivity contribution in [1.29, 1.82) is 5.26 Å². The summed E-state index contributed by atoms with van der Waals surface area (Å²) in [5.74, 6) is -0.894. The van der Waals surface area contributed by atoms with E-state index in [0.29, 0.717) is 35.4 Å². The van der Waals surface area contributed by atoms with Crippen LogP contribution < -0.4 is 4.90 Å². The van der Waals surface area contributed by atoms with Crippen LogP contribution in [0.3, 0.4) is 0 Å². The zero-order valence-corrected chi connectivity index (χ0v) is 26.2. The fourth-order valence-electron chi connectivity index (χ4n) is 6.89. The number of benzene rings is 2. The molecule has 238 valence electrons. The molecule has 0 spiro atoms. The minimum Gasteiger partial charge on any atom is -0.444 e. The third-order valence-electron chi connectivity index (χ3n) is 8.65. The number of hydrogen-bond acceptors (Lipinski definition) is 9. The molecule has 0 saturated carbocycles. The summed E-state index contributed by atoms with van der Waals surface area (Å²) in [6, 6.07) is 4.58. The Kier molecular flexibility index (Phi) is 7.08. The lowest BCUT2D eigenvalue weighted by Crippen LogP contribution is -2.56. The van der Waals surface area contributed by atoms with Gasteiger partial charge in [-0.25, -0.2) is 28.5 Å². The van der Waals surface area contributed by atoms with Crippen molar-refractivity contribution in [2.75, 3.05) is 32.1 Å². The molecule has 0 N–H and O–H groups in total. The number of likely N-dealkylation sites (tertiary alicyclic amines) is 1. The highest BCUT2D eigenvalue weighted by Crippen LogP contribution is 2.48. The van der Waals surface area contributed by atoms with Crippen LogP contribution in [0.5, 0.6) is 0 Å². The highest BCUT2D eigenvalue weighted by molar-refractivity contribution is 6.05. The number of carbonyl (C=O) groups excluding carboxylic acids is 1. The van der Waals surface area contributed by atoms with E-state index in [4.69, 9.17) is 13.9 Å². The zero-order valence-electron chi connectivity index (χ0n) is 26.2. The molecular weight excluding hydrogens is 596 g/mol.